The number of aromatic nitrogens is 4. The lowest BCUT2D eigenvalue weighted by molar-refractivity contribution is -0.922. The highest BCUT2D eigenvalue weighted by Crippen LogP contribution is 2.18. The summed E-state index contributed by atoms with van der Waals surface area (Å²) < 4.78 is 2.13. The Morgan fingerprint density at radius 2 is 2.14 bits per heavy atom. The highest BCUT2D eigenvalue weighted by atomic mass is 15.3. The fourth-order valence-corrected chi connectivity index (χ4v) is 3.71. The van der Waals surface area contributed by atoms with Crippen LogP contribution in [0.2, 0.25) is 0 Å². The Hall–Kier alpha value is -2.01. The molecule has 22 heavy (non-hydrogen) atoms. The molecule has 5 nitrogen and oxygen atoms in total. The molecule has 114 valence electrons. The lowest BCUT2D eigenvalue weighted by Crippen LogP contribution is -3.12. The molecule has 0 radical (unpaired) electrons. The van der Waals surface area contributed by atoms with E-state index in [2.05, 4.69) is 27.6 Å². The number of hydrogen-bond donors (Lipinski definition) is 1. The molecule has 1 unspecified atom stereocenters. The summed E-state index contributed by atoms with van der Waals surface area (Å²) in [5.74, 6) is 2.82. The van der Waals surface area contributed by atoms with E-state index in [4.69, 9.17) is 4.98 Å². The molecule has 3 heterocycles. The molecule has 2 atom stereocenters. The van der Waals surface area contributed by atoms with Gasteiger partial charge < -0.3 is 4.90 Å². The molecule has 0 amide bonds. The first-order valence-corrected chi connectivity index (χ1v) is 8.15. The van der Waals surface area contributed by atoms with E-state index in [1.54, 1.807) is 4.90 Å². The van der Waals surface area contributed by atoms with Gasteiger partial charge in [0.25, 0.3) is 0 Å². The fraction of sp³-hybridized carbons (Fsp3) is 0.471. The Kier molecular flexibility index (Phi) is 3.30. The maximum absolute atomic E-state index is 4.72. The predicted octanol–water partition coefficient (Wildman–Crippen LogP) is 1.40. The number of piperidine rings is 1. The number of benzene rings is 1. The summed E-state index contributed by atoms with van der Waals surface area (Å²) in [4.78, 5) is 6.33. The van der Waals surface area contributed by atoms with Gasteiger partial charge in [-0.1, -0.05) is 19.1 Å². The van der Waals surface area contributed by atoms with Gasteiger partial charge in [-0.25, -0.2) is 4.98 Å². The second kappa shape index (κ2) is 5.32. The average Bonchev–Trinajstić information content (AvgIpc) is 2.92. The Bertz CT molecular complexity index is 822. The van der Waals surface area contributed by atoms with Gasteiger partial charge >= 0.3 is 0 Å². The average molecular weight is 296 g/mol. The van der Waals surface area contributed by atoms with E-state index in [1.165, 1.54) is 25.9 Å². The highest BCUT2D eigenvalue weighted by molar-refractivity contribution is 5.91. The molecule has 0 spiro atoms. The maximum atomic E-state index is 4.72. The van der Waals surface area contributed by atoms with Gasteiger partial charge in [-0.3, -0.25) is 4.40 Å². The Morgan fingerprint density at radius 1 is 1.27 bits per heavy atom. The Labute approximate surface area is 130 Å². The molecule has 0 saturated carbocycles. The molecule has 3 aromatic rings. The zero-order valence-electron chi connectivity index (χ0n) is 13.2. The summed E-state index contributed by atoms with van der Waals surface area (Å²) >= 11 is 0. The largest absolute Gasteiger partial charge is 0.328 e. The minimum atomic E-state index is 0.808. The molecule has 1 aliphatic rings. The van der Waals surface area contributed by atoms with E-state index in [0.29, 0.717) is 0 Å². The number of hydrogen-bond acceptors (Lipinski definition) is 3. The zero-order chi connectivity index (χ0) is 15.1. The van der Waals surface area contributed by atoms with Crippen molar-refractivity contribution in [2.75, 3.05) is 13.1 Å². The van der Waals surface area contributed by atoms with E-state index < -0.39 is 0 Å². The summed E-state index contributed by atoms with van der Waals surface area (Å²) in [5, 5.41) is 10.0. The molecule has 2 aromatic heterocycles. The third-order valence-electron chi connectivity index (χ3n) is 4.75. The predicted molar refractivity (Wildman–Crippen MR) is 85.8 cm³/mol. The van der Waals surface area contributed by atoms with Gasteiger partial charge in [-0.2, -0.15) is 0 Å². The van der Waals surface area contributed by atoms with E-state index in [1.807, 2.05) is 25.1 Å². The normalized spacial score (nSPS) is 22.5. The molecule has 0 aliphatic carbocycles. The van der Waals surface area contributed by atoms with E-state index in [-0.39, 0.29) is 0 Å². The van der Waals surface area contributed by atoms with E-state index >= 15 is 0 Å². The lowest BCUT2D eigenvalue weighted by atomic mass is 10.0. The van der Waals surface area contributed by atoms with Gasteiger partial charge in [0.2, 0.25) is 0 Å². The molecule has 4 rings (SSSR count). The molecule has 1 fully saturated rings. The van der Waals surface area contributed by atoms with Crippen molar-refractivity contribution in [2.45, 2.75) is 33.2 Å². The standard InChI is InChI=1S/C17H21N5/c1-12-6-5-9-21(10-12)11-16-19-20-17-14-7-3-4-8-15(14)18-13(2)22(16)17/h3-4,7-8,12H,5-6,9-11H2,1-2H3/p+1/t12-/m1/s1. The third-order valence-corrected chi connectivity index (χ3v) is 4.75. The SMILES string of the molecule is Cc1nc2ccccc2c2nnc(C[NH+]3CCC[C@@H](C)C3)n12. The van der Waals surface area contributed by atoms with Gasteiger partial charge in [0.05, 0.1) is 18.6 Å². The number of quaternary nitrogens is 1. The van der Waals surface area contributed by atoms with Crippen LogP contribution in [0.5, 0.6) is 0 Å². The van der Waals surface area contributed by atoms with Crippen molar-refractivity contribution in [1.82, 2.24) is 19.6 Å². The van der Waals surface area contributed by atoms with Crippen LogP contribution < -0.4 is 4.90 Å². The Morgan fingerprint density at radius 3 is 3.00 bits per heavy atom. The van der Waals surface area contributed by atoms with Crippen molar-refractivity contribution in [3.63, 3.8) is 0 Å². The first-order chi connectivity index (χ1) is 10.7. The molecule has 0 bridgehead atoms. The summed E-state index contributed by atoms with van der Waals surface area (Å²) in [6.07, 6.45) is 2.67. The van der Waals surface area contributed by atoms with Gasteiger partial charge in [-0.05, 0) is 31.9 Å². The van der Waals surface area contributed by atoms with Gasteiger partial charge in [0, 0.05) is 11.3 Å². The van der Waals surface area contributed by atoms with Crippen molar-refractivity contribution in [2.24, 2.45) is 5.92 Å². The third kappa shape index (κ3) is 2.25. The first-order valence-electron chi connectivity index (χ1n) is 8.15. The van der Waals surface area contributed by atoms with Crippen LogP contribution in [0.4, 0.5) is 0 Å². The van der Waals surface area contributed by atoms with Crippen LogP contribution in [0.15, 0.2) is 24.3 Å². The van der Waals surface area contributed by atoms with Crippen LogP contribution in [0.1, 0.15) is 31.4 Å². The van der Waals surface area contributed by atoms with Gasteiger partial charge in [0.1, 0.15) is 12.4 Å². The molecule has 5 heteroatoms. The van der Waals surface area contributed by atoms with Crippen molar-refractivity contribution in [3.8, 4) is 0 Å². The number of nitrogens with zero attached hydrogens (tertiary/aromatic N) is 4. The summed E-state index contributed by atoms with van der Waals surface area (Å²) in [7, 11) is 0. The monoisotopic (exact) mass is 296 g/mol. The quantitative estimate of drug-likeness (QED) is 0.777. The number of aryl methyl sites for hydroxylation is 1. The zero-order valence-corrected chi connectivity index (χ0v) is 13.2. The Balaban J connectivity index is 1.77. The van der Waals surface area contributed by atoms with Crippen molar-refractivity contribution < 1.29 is 4.90 Å². The van der Waals surface area contributed by atoms with E-state index in [0.717, 1.165) is 40.7 Å². The van der Waals surface area contributed by atoms with Crippen molar-refractivity contribution in [3.05, 3.63) is 35.9 Å². The molecule has 1 aliphatic heterocycles. The minimum Gasteiger partial charge on any atom is -0.328 e. The van der Waals surface area contributed by atoms with Crippen LogP contribution in [0.25, 0.3) is 16.6 Å². The molecular weight excluding hydrogens is 274 g/mol. The van der Waals surface area contributed by atoms with Crippen LogP contribution >= 0.6 is 0 Å². The number of fused-ring (bicyclic) bond motifs is 3. The number of rotatable bonds is 2. The second-order valence-electron chi connectivity index (χ2n) is 6.58. The molecular formula is C17H22N5+. The molecule has 1 aromatic carbocycles. The maximum Gasteiger partial charge on any atom is 0.194 e. The lowest BCUT2D eigenvalue weighted by Gasteiger charge is -2.27. The van der Waals surface area contributed by atoms with E-state index in [9.17, 15) is 0 Å². The van der Waals surface area contributed by atoms with Crippen LogP contribution in [0.3, 0.4) is 0 Å². The number of likely N-dealkylation sites (tertiary alicyclic amines) is 1. The van der Waals surface area contributed by atoms with Gasteiger partial charge in [-0.15, -0.1) is 10.2 Å². The van der Waals surface area contributed by atoms with Crippen molar-refractivity contribution >= 4 is 16.6 Å². The first kappa shape index (κ1) is 13.6. The summed E-state index contributed by atoms with van der Waals surface area (Å²) in [6.45, 7) is 7.79. The molecule has 1 N–H and O–H groups in total. The number of para-hydroxylation sites is 1. The van der Waals surface area contributed by atoms with Crippen LogP contribution in [0, 0.1) is 12.8 Å². The summed E-state index contributed by atoms with van der Waals surface area (Å²) in [6, 6.07) is 8.16. The van der Waals surface area contributed by atoms with Gasteiger partial charge in [0.15, 0.2) is 11.5 Å². The summed E-state index contributed by atoms with van der Waals surface area (Å²) in [5.41, 5.74) is 1.92. The number of nitrogens with one attached hydrogen (secondary N) is 1. The highest BCUT2D eigenvalue weighted by Gasteiger charge is 2.22. The minimum absolute atomic E-state index is 0.808. The van der Waals surface area contributed by atoms with Crippen molar-refractivity contribution in [1.29, 1.82) is 0 Å². The fourth-order valence-electron chi connectivity index (χ4n) is 3.71. The van der Waals surface area contributed by atoms with Crippen LogP contribution in [-0.2, 0) is 6.54 Å². The second-order valence-corrected chi connectivity index (χ2v) is 6.58. The topological polar surface area (TPSA) is 47.5 Å². The molecule has 1 saturated heterocycles. The smallest absolute Gasteiger partial charge is 0.194 e. The van der Waals surface area contributed by atoms with Crippen LogP contribution in [-0.4, -0.2) is 32.7 Å².